The number of benzene rings is 1. The molecule has 0 fully saturated rings. The lowest BCUT2D eigenvalue weighted by Gasteiger charge is -2.18. The van der Waals surface area contributed by atoms with E-state index in [1.54, 1.807) is 0 Å². The molecule has 5 nitrogen and oxygen atoms in total. The highest BCUT2D eigenvalue weighted by Crippen LogP contribution is 2.17. The standard InChI is InChI=1S/C12H19FN2O3S/c1-8(2)5-9(7-16)15-19(17,18)10-3-4-11(13)12(14)6-10/h3-4,6,8-9,15-16H,5,7,14H2,1-2H3. The summed E-state index contributed by atoms with van der Waals surface area (Å²) in [7, 11) is -3.81. The van der Waals surface area contributed by atoms with E-state index < -0.39 is 21.9 Å². The number of nitrogen functional groups attached to an aromatic ring is 1. The molecule has 0 aliphatic heterocycles. The zero-order valence-corrected chi connectivity index (χ0v) is 11.7. The molecule has 1 aromatic rings. The largest absolute Gasteiger partial charge is 0.396 e. The molecule has 4 N–H and O–H groups in total. The van der Waals surface area contributed by atoms with Crippen molar-refractivity contribution in [1.82, 2.24) is 4.72 Å². The fourth-order valence-corrected chi connectivity index (χ4v) is 2.98. The van der Waals surface area contributed by atoms with Gasteiger partial charge in [0, 0.05) is 6.04 Å². The van der Waals surface area contributed by atoms with Gasteiger partial charge in [-0.25, -0.2) is 17.5 Å². The van der Waals surface area contributed by atoms with Crippen molar-refractivity contribution in [3.8, 4) is 0 Å². The monoisotopic (exact) mass is 290 g/mol. The number of nitrogens with one attached hydrogen (secondary N) is 1. The summed E-state index contributed by atoms with van der Waals surface area (Å²) in [5, 5.41) is 9.17. The van der Waals surface area contributed by atoms with Crippen LogP contribution in [0.4, 0.5) is 10.1 Å². The second kappa shape index (κ2) is 6.31. The van der Waals surface area contributed by atoms with Gasteiger partial charge < -0.3 is 10.8 Å². The van der Waals surface area contributed by atoms with Gasteiger partial charge in [-0.15, -0.1) is 0 Å². The van der Waals surface area contributed by atoms with Crippen LogP contribution in [0, 0.1) is 11.7 Å². The summed E-state index contributed by atoms with van der Waals surface area (Å²) in [5.74, 6) is -0.432. The van der Waals surface area contributed by atoms with Crippen molar-refractivity contribution >= 4 is 15.7 Å². The van der Waals surface area contributed by atoms with Crippen LogP contribution in [0.2, 0.25) is 0 Å². The smallest absolute Gasteiger partial charge is 0.240 e. The molecule has 0 saturated carbocycles. The van der Waals surface area contributed by atoms with Crippen molar-refractivity contribution in [2.24, 2.45) is 5.92 Å². The van der Waals surface area contributed by atoms with Gasteiger partial charge in [-0.2, -0.15) is 0 Å². The summed E-state index contributed by atoms with van der Waals surface area (Å²) in [6.45, 7) is 3.55. The van der Waals surface area contributed by atoms with E-state index in [4.69, 9.17) is 5.73 Å². The Hall–Kier alpha value is -1.18. The SMILES string of the molecule is CC(C)CC(CO)NS(=O)(=O)c1ccc(F)c(N)c1. The van der Waals surface area contributed by atoms with Crippen LogP contribution in [0.3, 0.4) is 0 Å². The molecule has 0 spiro atoms. The van der Waals surface area contributed by atoms with Gasteiger partial charge in [0.2, 0.25) is 10.0 Å². The zero-order chi connectivity index (χ0) is 14.6. The van der Waals surface area contributed by atoms with E-state index >= 15 is 0 Å². The Kier molecular flexibility index (Phi) is 5.28. The van der Waals surface area contributed by atoms with Crippen LogP contribution in [0.1, 0.15) is 20.3 Å². The lowest BCUT2D eigenvalue weighted by atomic mass is 10.1. The Morgan fingerprint density at radius 1 is 1.42 bits per heavy atom. The first kappa shape index (κ1) is 15.9. The second-order valence-corrected chi connectivity index (χ2v) is 6.53. The highest BCUT2D eigenvalue weighted by Gasteiger charge is 2.21. The molecule has 7 heteroatoms. The van der Waals surface area contributed by atoms with Crippen LogP contribution < -0.4 is 10.5 Å². The lowest BCUT2D eigenvalue weighted by Crippen LogP contribution is -2.38. The third-order valence-electron chi connectivity index (χ3n) is 2.58. The van der Waals surface area contributed by atoms with Crippen molar-refractivity contribution in [2.75, 3.05) is 12.3 Å². The number of hydrogen-bond acceptors (Lipinski definition) is 4. The van der Waals surface area contributed by atoms with Crippen LogP contribution in [0.15, 0.2) is 23.1 Å². The van der Waals surface area contributed by atoms with E-state index in [0.29, 0.717) is 6.42 Å². The molecule has 108 valence electrons. The van der Waals surface area contributed by atoms with E-state index in [2.05, 4.69) is 4.72 Å². The normalized spacial score (nSPS) is 13.7. The van der Waals surface area contributed by atoms with Gasteiger partial charge in [0.15, 0.2) is 0 Å². The number of rotatable bonds is 6. The number of sulfonamides is 1. The molecule has 0 radical (unpaired) electrons. The third kappa shape index (κ3) is 4.45. The van der Waals surface area contributed by atoms with Gasteiger partial charge in [0.05, 0.1) is 17.2 Å². The molecule has 0 aliphatic rings. The molecule has 0 aromatic heterocycles. The van der Waals surface area contributed by atoms with Crippen LogP contribution in [-0.2, 0) is 10.0 Å². The average molecular weight is 290 g/mol. The minimum atomic E-state index is -3.81. The highest BCUT2D eigenvalue weighted by molar-refractivity contribution is 7.89. The maximum absolute atomic E-state index is 13.0. The number of aliphatic hydroxyl groups excluding tert-OH is 1. The summed E-state index contributed by atoms with van der Waals surface area (Å²) in [6.07, 6.45) is 0.506. The number of hydrogen-bond donors (Lipinski definition) is 3. The van der Waals surface area contributed by atoms with E-state index in [1.165, 1.54) is 0 Å². The molecule has 1 rings (SSSR count). The highest BCUT2D eigenvalue weighted by atomic mass is 32.2. The van der Waals surface area contributed by atoms with Crippen LogP contribution in [-0.4, -0.2) is 26.2 Å². The molecule has 0 heterocycles. The predicted octanol–water partition coefficient (Wildman–Crippen LogP) is 1.09. The molecule has 19 heavy (non-hydrogen) atoms. The van der Waals surface area contributed by atoms with E-state index in [1.807, 2.05) is 13.8 Å². The van der Waals surface area contributed by atoms with Crippen LogP contribution in [0.5, 0.6) is 0 Å². The van der Waals surface area contributed by atoms with Crippen molar-refractivity contribution in [3.63, 3.8) is 0 Å². The first-order valence-corrected chi connectivity index (χ1v) is 7.42. The molecule has 0 bridgehead atoms. The maximum atomic E-state index is 13.0. The first-order chi connectivity index (χ1) is 8.76. The molecule has 0 aliphatic carbocycles. The fraction of sp³-hybridized carbons (Fsp3) is 0.500. The average Bonchev–Trinajstić information content (AvgIpc) is 2.30. The van der Waals surface area contributed by atoms with Crippen molar-refractivity contribution in [2.45, 2.75) is 31.2 Å². The van der Waals surface area contributed by atoms with Gasteiger partial charge in [0.1, 0.15) is 5.82 Å². The number of aliphatic hydroxyl groups is 1. The zero-order valence-electron chi connectivity index (χ0n) is 10.9. The minimum Gasteiger partial charge on any atom is -0.396 e. The second-order valence-electron chi connectivity index (χ2n) is 4.81. The molecular weight excluding hydrogens is 271 g/mol. The third-order valence-corrected chi connectivity index (χ3v) is 4.09. The summed E-state index contributed by atoms with van der Waals surface area (Å²) < 4.78 is 39.5. The molecule has 0 saturated heterocycles. The number of halogens is 1. The Bertz CT molecular complexity index is 532. The number of nitrogens with two attached hydrogens (primary N) is 1. The van der Waals surface area contributed by atoms with Gasteiger partial charge in [-0.3, -0.25) is 0 Å². The van der Waals surface area contributed by atoms with E-state index in [0.717, 1.165) is 18.2 Å². The van der Waals surface area contributed by atoms with Crippen LogP contribution >= 0.6 is 0 Å². The molecule has 1 atom stereocenters. The van der Waals surface area contributed by atoms with Gasteiger partial charge in [0.25, 0.3) is 0 Å². The predicted molar refractivity (Wildman–Crippen MR) is 71.5 cm³/mol. The Morgan fingerprint density at radius 2 is 2.05 bits per heavy atom. The number of anilines is 1. The molecule has 1 unspecified atom stereocenters. The topological polar surface area (TPSA) is 92.4 Å². The first-order valence-electron chi connectivity index (χ1n) is 5.94. The lowest BCUT2D eigenvalue weighted by molar-refractivity contribution is 0.240. The minimum absolute atomic E-state index is 0.117. The molecular formula is C12H19FN2O3S. The van der Waals surface area contributed by atoms with Gasteiger partial charge >= 0.3 is 0 Å². The van der Waals surface area contributed by atoms with Gasteiger partial charge in [-0.1, -0.05) is 13.8 Å². The van der Waals surface area contributed by atoms with Crippen LogP contribution in [0.25, 0.3) is 0 Å². The van der Waals surface area contributed by atoms with E-state index in [-0.39, 0.29) is 23.1 Å². The quantitative estimate of drug-likeness (QED) is 0.684. The van der Waals surface area contributed by atoms with Crippen molar-refractivity contribution in [3.05, 3.63) is 24.0 Å². The summed E-state index contributed by atoms with van der Waals surface area (Å²) in [4.78, 5) is -0.117. The summed E-state index contributed by atoms with van der Waals surface area (Å²) >= 11 is 0. The fourth-order valence-electron chi connectivity index (χ4n) is 1.71. The van der Waals surface area contributed by atoms with Gasteiger partial charge in [-0.05, 0) is 30.5 Å². The maximum Gasteiger partial charge on any atom is 0.240 e. The molecule has 1 aromatic carbocycles. The molecule has 0 amide bonds. The summed E-state index contributed by atoms with van der Waals surface area (Å²) in [6, 6.07) is 2.62. The Labute approximate surface area is 112 Å². The van der Waals surface area contributed by atoms with Crippen molar-refractivity contribution < 1.29 is 17.9 Å². The Balaban J connectivity index is 2.93. The van der Waals surface area contributed by atoms with E-state index in [9.17, 15) is 17.9 Å². The summed E-state index contributed by atoms with van der Waals surface area (Å²) in [5.41, 5.74) is 5.12. The Morgan fingerprint density at radius 3 is 2.53 bits per heavy atom. The van der Waals surface area contributed by atoms with Crippen molar-refractivity contribution in [1.29, 1.82) is 0 Å².